The number of fused-ring (bicyclic) bond motifs is 1. The molecule has 0 aromatic carbocycles. The normalized spacial score (nSPS) is 43.4. The molecule has 2 unspecified atom stereocenters. The highest BCUT2D eigenvalue weighted by molar-refractivity contribution is 5.05. The van der Waals surface area contributed by atoms with E-state index in [2.05, 4.69) is 24.1 Å². The van der Waals surface area contributed by atoms with Crippen LogP contribution in [0.4, 0.5) is 0 Å². The predicted molar refractivity (Wildman–Crippen MR) is 46.7 cm³/mol. The number of rotatable bonds is 1. The van der Waals surface area contributed by atoms with Crippen LogP contribution in [0.2, 0.25) is 0 Å². The van der Waals surface area contributed by atoms with Crippen LogP contribution in [0, 0.1) is 0 Å². The van der Waals surface area contributed by atoms with Crippen molar-refractivity contribution in [2.45, 2.75) is 44.8 Å². The van der Waals surface area contributed by atoms with Crippen LogP contribution in [0.25, 0.3) is 0 Å². The molecule has 11 heavy (non-hydrogen) atoms. The van der Waals surface area contributed by atoms with Crippen molar-refractivity contribution in [3.05, 3.63) is 0 Å². The molecule has 0 aromatic heterocycles. The highest BCUT2D eigenvalue weighted by Crippen LogP contribution is 2.36. The second-order valence-corrected chi connectivity index (χ2v) is 4.00. The Kier molecular flexibility index (Phi) is 1.90. The van der Waals surface area contributed by atoms with Gasteiger partial charge in [0, 0.05) is 18.1 Å². The van der Waals surface area contributed by atoms with Gasteiger partial charge in [-0.1, -0.05) is 0 Å². The summed E-state index contributed by atoms with van der Waals surface area (Å²) < 4.78 is 0. The lowest BCUT2D eigenvalue weighted by molar-refractivity contribution is 0.372. The first kappa shape index (κ1) is 7.56. The third kappa shape index (κ3) is 1.30. The molecule has 1 N–H and O–H groups in total. The summed E-state index contributed by atoms with van der Waals surface area (Å²) in [7, 11) is 0. The van der Waals surface area contributed by atoms with Crippen LogP contribution in [-0.2, 0) is 0 Å². The van der Waals surface area contributed by atoms with E-state index in [-0.39, 0.29) is 0 Å². The van der Waals surface area contributed by atoms with Crippen LogP contribution in [0.3, 0.4) is 0 Å². The molecule has 2 saturated heterocycles. The highest BCUT2D eigenvalue weighted by Gasteiger charge is 2.48. The average molecular weight is 154 g/mol. The van der Waals surface area contributed by atoms with E-state index < -0.39 is 0 Å². The van der Waals surface area contributed by atoms with Crippen molar-refractivity contribution in [3.8, 4) is 0 Å². The maximum absolute atomic E-state index is 3.44. The third-order valence-electron chi connectivity index (χ3n) is 2.95. The Morgan fingerprint density at radius 3 is 2.18 bits per heavy atom. The summed E-state index contributed by atoms with van der Waals surface area (Å²) in [5.74, 6) is 0. The molecule has 0 aliphatic carbocycles. The van der Waals surface area contributed by atoms with E-state index in [1.165, 1.54) is 25.9 Å². The molecule has 2 fully saturated rings. The molecule has 0 bridgehead atoms. The lowest BCUT2D eigenvalue weighted by Gasteiger charge is -2.10. The SMILES string of the molecule is CC(C)N1C2CCNCCC21. The largest absolute Gasteiger partial charge is 0.317 e. The van der Waals surface area contributed by atoms with Gasteiger partial charge in [-0.2, -0.15) is 0 Å². The molecule has 2 heterocycles. The summed E-state index contributed by atoms with van der Waals surface area (Å²) in [4.78, 5) is 2.65. The van der Waals surface area contributed by atoms with E-state index in [1.807, 2.05) is 0 Å². The standard InChI is InChI=1S/C9H18N2/c1-7(2)11-8-3-5-10-6-4-9(8)11/h7-10H,3-6H2,1-2H3. The summed E-state index contributed by atoms with van der Waals surface area (Å²) in [6.45, 7) is 7.07. The van der Waals surface area contributed by atoms with Crippen LogP contribution in [0.5, 0.6) is 0 Å². The summed E-state index contributed by atoms with van der Waals surface area (Å²) in [6.07, 6.45) is 2.73. The Morgan fingerprint density at radius 1 is 1.18 bits per heavy atom. The van der Waals surface area contributed by atoms with E-state index in [9.17, 15) is 0 Å². The Hall–Kier alpha value is -0.0800. The van der Waals surface area contributed by atoms with E-state index in [1.54, 1.807) is 0 Å². The van der Waals surface area contributed by atoms with Gasteiger partial charge in [-0.05, 0) is 39.8 Å². The van der Waals surface area contributed by atoms with Crippen LogP contribution in [0.15, 0.2) is 0 Å². The fraction of sp³-hybridized carbons (Fsp3) is 1.00. The molecule has 0 amide bonds. The highest BCUT2D eigenvalue weighted by atomic mass is 15.4. The molecule has 0 radical (unpaired) electrons. The van der Waals surface area contributed by atoms with Gasteiger partial charge in [0.25, 0.3) is 0 Å². The van der Waals surface area contributed by atoms with E-state index in [0.29, 0.717) is 0 Å². The van der Waals surface area contributed by atoms with E-state index in [4.69, 9.17) is 0 Å². The monoisotopic (exact) mass is 154 g/mol. The lowest BCUT2D eigenvalue weighted by Crippen LogP contribution is -2.22. The topological polar surface area (TPSA) is 15.0 Å². The minimum Gasteiger partial charge on any atom is -0.317 e. The van der Waals surface area contributed by atoms with Gasteiger partial charge in [-0.15, -0.1) is 0 Å². The molecule has 2 rings (SSSR count). The smallest absolute Gasteiger partial charge is 0.0270 e. The van der Waals surface area contributed by atoms with Crippen molar-refractivity contribution >= 4 is 0 Å². The Labute approximate surface area is 69.0 Å². The first-order valence-electron chi connectivity index (χ1n) is 4.79. The van der Waals surface area contributed by atoms with Crippen molar-refractivity contribution in [1.82, 2.24) is 10.2 Å². The molecular formula is C9H18N2. The minimum absolute atomic E-state index is 0.767. The van der Waals surface area contributed by atoms with Gasteiger partial charge in [-0.25, -0.2) is 0 Å². The second kappa shape index (κ2) is 2.76. The summed E-state index contributed by atoms with van der Waals surface area (Å²) >= 11 is 0. The zero-order valence-corrected chi connectivity index (χ0v) is 7.51. The van der Waals surface area contributed by atoms with Gasteiger partial charge < -0.3 is 5.32 Å². The fourth-order valence-electron chi connectivity index (χ4n) is 2.43. The lowest BCUT2D eigenvalue weighted by atomic mass is 10.2. The third-order valence-corrected chi connectivity index (χ3v) is 2.95. The second-order valence-electron chi connectivity index (χ2n) is 4.00. The molecule has 2 aliphatic rings. The van der Waals surface area contributed by atoms with Gasteiger partial charge in [0.1, 0.15) is 0 Å². The molecular weight excluding hydrogens is 136 g/mol. The zero-order valence-electron chi connectivity index (χ0n) is 7.51. The van der Waals surface area contributed by atoms with Gasteiger partial charge in [0.2, 0.25) is 0 Å². The van der Waals surface area contributed by atoms with Crippen molar-refractivity contribution in [2.24, 2.45) is 0 Å². The molecule has 0 saturated carbocycles. The molecule has 2 aliphatic heterocycles. The predicted octanol–water partition coefficient (Wildman–Crippen LogP) is 0.831. The Balaban J connectivity index is 1.91. The maximum atomic E-state index is 3.44. The number of nitrogens with one attached hydrogen (secondary N) is 1. The number of nitrogens with zero attached hydrogens (tertiary/aromatic N) is 1. The van der Waals surface area contributed by atoms with Crippen LogP contribution >= 0.6 is 0 Å². The fourth-order valence-corrected chi connectivity index (χ4v) is 2.43. The molecule has 0 aromatic rings. The van der Waals surface area contributed by atoms with Crippen LogP contribution in [0.1, 0.15) is 26.7 Å². The Morgan fingerprint density at radius 2 is 1.73 bits per heavy atom. The van der Waals surface area contributed by atoms with Crippen molar-refractivity contribution in [3.63, 3.8) is 0 Å². The zero-order chi connectivity index (χ0) is 7.84. The van der Waals surface area contributed by atoms with Crippen LogP contribution in [-0.4, -0.2) is 36.1 Å². The van der Waals surface area contributed by atoms with Crippen molar-refractivity contribution < 1.29 is 0 Å². The molecule has 2 nitrogen and oxygen atoms in total. The molecule has 2 heteroatoms. The van der Waals surface area contributed by atoms with Gasteiger partial charge in [0.05, 0.1) is 0 Å². The summed E-state index contributed by atoms with van der Waals surface area (Å²) in [6, 6.07) is 2.61. The minimum atomic E-state index is 0.767. The first-order valence-corrected chi connectivity index (χ1v) is 4.79. The van der Waals surface area contributed by atoms with Crippen molar-refractivity contribution in [2.75, 3.05) is 13.1 Å². The number of hydrogen-bond donors (Lipinski definition) is 1. The quantitative estimate of drug-likeness (QED) is 0.563. The van der Waals surface area contributed by atoms with Crippen molar-refractivity contribution in [1.29, 1.82) is 0 Å². The van der Waals surface area contributed by atoms with E-state index in [0.717, 1.165) is 18.1 Å². The summed E-state index contributed by atoms with van der Waals surface area (Å²) in [5.41, 5.74) is 0. The van der Waals surface area contributed by atoms with Gasteiger partial charge >= 0.3 is 0 Å². The van der Waals surface area contributed by atoms with E-state index >= 15 is 0 Å². The molecule has 2 atom stereocenters. The van der Waals surface area contributed by atoms with Gasteiger partial charge in [0.15, 0.2) is 0 Å². The molecule has 0 spiro atoms. The van der Waals surface area contributed by atoms with Gasteiger partial charge in [-0.3, -0.25) is 4.90 Å². The number of hydrogen-bond acceptors (Lipinski definition) is 2. The molecule has 64 valence electrons. The Bertz CT molecular complexity index is 132. The average Bonchev–Trinajstić information content (AvgIpc) is 2.57. The summed E-state index contributed by atoms with van der Waals surface area (Å²) in [5, 5.41) is 3.44. The first-order chi connectivity index (χ1) is 5.30. The maximum Gasteiger partial charge on any atom is 0.0270 e. The van der Waals surface area contributed by atoms with Crippen LogP contribution < -0.4 is 5.32 Å².